The van der Waals surface area contributed by atoms with Crippen molar-refractivity contribution in [2.75, 3.05) is 0 Å². The van der Waals surface area contributed by atoms with Gasteiger partial charge < -0.3 is 10.5 Å². The minimum atomic E-state index is -0.862. The zero-order valence-corrected chi connectivity index (χ0v) is 12.1. The molecule has 1 rings (SSSR count). The lowest BCUT2D eigenvalue weighted by Crippen LogP contribution is -2.38. The summed E-state index contributed by atoms with van der Waals surface area (Å²) in [5.74, 6) is -1.92. The third-order valence-electron chi connectivity index (χ3n) is 3.08. The largest absolute Gasteiger partial charge is 0.421 e. The van der Waals surface area contributed by atoms with Crippen LogP contribution in [0.4, 0.5) is 4.39 Å². The van der Waals surface area contributed by atoms with E-state index in [-0.39, 0.29) is 23.1 Å². The summed E-state index contributed by atoms with van der Waals surface area (Å²) in [5, 5.41) is 0. The predicted octanol–water partition coefficient (Wildman–Crippen LogP) is 2.65. The van der Waals surface area contributed by atoms with Crippen molar-refractivity contribution in [2.24, 2.45) is 11.7 Å². The lowest BCUT2D eigenvalue weighted by Gasteiger charge is -2.16. The van der Waals surface area contributed by atoms with Crippen molar-refractivity contribution in [3.63, 3.8) is 0 Å². The zero-order chi connectivity index (χ0) is 15.4. The first-order chi connectivity index (χ1) is 9.27. The van der Waals surface area contributed by atoms with E-state index in [2.05, 4.69) is 0 Å². The number of aldehydes is 1. The van der Waals surface area contributed by atoms with Crippen molar-refractivity contribution < 1.29 is 18.7 Å². The maximum absolute atomic E-state index is 14.0. The van der Waals surface area contributed by atoms with Gasteiger partial charge in [-0.25, -0.2) is 9.18 Å². The van der Waals surface area contributed by atoms with Crippen molar-refractivity contribution in [3.05, 3.63) is 29.1 Å². The van der Waals surface area contributed by atoms with E-state index in [1.54, 1.807) is 13.8 Å². The molecule has 0 aliphatic heterocycles. The van der Waals surface area contributed by atoms with Crippen LogP contribution in [0.1, 0.15) is 49.5 Å². The van der Waals surface area contributed by atoms with Crippen molar-refractivity contribution in [1.29, 1.82) is 0 Å². The van der Waals surface area contributed by atoms with E-state index in [1.807, 2.05) is 13.8 Å². The fourth-order valence-corrected chi connectivity index (χ4v) is 1.61. The van der Waals surface area contributed by atoms with Gasteiger partial charge in [0.05, 0.1) is 5.56 Å². The van der Waals surface area contributed by atoms with Crippen LogP contribution in [0.5, 0.6) is 5.75 Å². The molecule has 0 aromatic heterocycles. The molecule has 0 unspecified atom stereocenters. The molecule has 1 aromatic carbocycles. The smallest absolute Gasteiger partial charge is 0.328 e. The van der Waals surface area contributed by atoms with Crippen molar-refractivity contribution in [2.45, 2.75) is 39.7 Å². The molecule has 0 heterocycles. The minimum Gasteiger partial charge on any atom is -0.421 e. The Hall–Kier alpha value is -1.75. The van der Waals surface area contributed by atoms with E-state index in [9.17, 15) is 14.0 Å². The Morgan fingerprint density at radius 1 is 1.30 bits per heavy atom. The Morgan fingerprint density at radius 2 is 1.90 bits per heavy atom. The average molecular weight is 281 g/mol. The molecule has 0 aliphatic rings. The van der Waals surface area contributed by atoms with Crippen LogP contribution in [-0.4, -0.2) is 18.3 Å². The van der Waals surface area contributed by atoms with Gasteiger partial charge in [-0.05, 0) is 29.5 Å². The number of benzene rings is 1. The van der Waals surface area contributed by atoms with Crippen molar-refractivity contribution in [1.82, 2.24) is 0 Å². The molecule has 0 spiro atoms. The number of nitrogens with two attached hydrogens (primary N) is 1. The van der Waals surface area contributed by atoms with E-state index in [0.29, 0.717) is 11.8 Å². The number of ether oxygens (including phenoxy) is 1. The fourth-order valence-electron chi connectivity index (χ4n) is 1.61. The number of carbonyl (C=O) groups is 2. The topological polar surface area (TPSA) is 69.4 Å². The van der Waals surface area contributed by atoms with Gasteiger partial charge in [-0.1, -0.05) is 27.7 Å². The van der Waals surface area contributed by atoms with Crippen LogP contribution in [0.15, 0.2) is 12.1 Å². The number of halogens is 1. The SMILES string of the molecule is CC(C)c1cc(F)c(OC(=O)[C@H](N)C(C)C)c(C=O)c1. The Labute approximate surface area is 118 Å². The van der Waals surface area contributed by atoms with Crippen molar-refractivity contribution >= 4 is 12.3 Å². The van der Waals surface area contributed by atoms with E-state index in [1.165, 1.54) is 12.1 Å². The first kappa shape index (κ1) is 16.3. The summed E-state index contributed by atoms with van der Waals surface area (Å²) in [5.41, 5.74) is 6.32. The summed E-state index contributed by atoms with van der Waals surface area (Å²) in [6, 6.07) is 1.92. The summed E-state index contributed by atoms with van der Waals surface area (Å²) in [6.07, 6.45) is 0.471. The van der Waals surface area contributed by atoms with Gasteiger partial charge in [-0.3, -0.25) is 4.79 Å². The van der Waals surface area contributed by atoms with Gasteiger partial charge in [-0.2, -0.15) is 0 Å². The summed E-state index contributed by atoms with van der Waals surface area (Å²) < 4.78 is 19.0. The van der Waals surface area contributed by atoms with Crippen LogP contribution in [0.25, 0.3) is 0 Å². The quantitative estimate of drug-likeness (QED) is 0.512. The number of esters is 1. The van der Waals surface area contributed by atoms with Crippen LogP contribution >= 0.6 is 0 Å². The predicted molar refractivity (Wildman–Crippen MR) is 74.3 cm³/mol. The summed E-state index contributed by atoms with van der Waals surface area (Å²) in [6.45, 7) is 7.27. The molecule has 1 atom stereocenters. The average Bonchev–Trinajstić information content (AvgIpc) is 2.39. The highest BCUT2D eigenvalue weighted by molar-refractivity contribution is 5.84. The molecule has 2 N–H and O–H groups in total. The highest BCUT2D eigenvalue weighted by atomic mass is 19.1. The second kappa shape index (κ2) is 6.61. The Kier molecular flexibility index (Phi) is 5.39. The standard InChI is InChI=1S/C15H20FNO3/c1-8(2)10-5-11(7-18)14(12(16)6-10)20-15(19)13(17)9(3)4/h5-9,13H,17H2,1-4H3/t13-/m1/s1. The minimum absolute atomic E-state index is 0.0120. The molecule has 0 saturated heterocycles. The summed E-state index contributed by atoms with van der Waals surface area (Å²) in [7, 11) is 0. The van der Waals surface area contributed by atoms with E-state index in [4.69, 9.17) is 10.5 Å². The number of hydrogen-bond acceptors (Lipinski definition) is 4. The third-order valence-corrected chi connectivity index (χ3v) is 3.08. The third kappa shape index (κ3) is 3.63. The fraction of sp³-hybridized carbons (Fsp3) is 0.467. The highest BCUT2D eigenvalue weighted by Crippen LogP contribution is 2.27. The molecule has 0 saturated carbocycles. The number of rotatable bonds is 5. The van der Waals surface area contributed by atoms with Gasteiger partial charge >= 0.3 is 5.97 Å². The monoisotopic (exact) mass is 281 g/mol. The normalized spacial score (nSPS) is 12.6. The summed E-state index contributed by atoms with van der Waals surface area (Å²) >= 11 is 0. The molecular formula is C15H20FNO3. The van der Waals surface area contributed by atoms with Gasteiger partial charge in [0.1, 0.15) is 6.04 Å². The molecular weight excluding hydrogens is 261 g/mol. The molecule has 0 aliphatic carbocycles. The molecule has 0 amide bonds. The molecule has 20 heavy (non-hydrogen) atoms. The second-order valence-corrected chi connectivity index (χ2v) is 5.38. The maximum Gasteiger partial charge on any atom is 0.328 e. The Balaban J connectivity index is 3.12. The van der Waals surface area contributed by atoms with E-state index < -0.39 is 17.8 Å². The number of hydrogen-bond donors (Lipinski definition) is 1. The molecule has 1 aromatic rings. The molecule has 0 bridgehead atoms. The van der Waals surface area contributed by atoms with Gasteiger partial charge in [0, 0.05) is 0 Å². The van der Waals surface area contributed by atoms with Crippen LogP contribution in [0.2, 0.25) is 0 Å². The Bertz CT molecular complexity index is 512. The van der Waals surface area contributed by atoms with Crippen LogP contribution in [0, 0.1) is 11.7 Å². The van der Waals surface area contributed by atoms with Crippen LogP contribution < -0.4 is 10.5 Å². The molecule has 0 fully saturated rings. The van der Waals surface area contributed by atoms with Gasteiger partial charge in [-0.15, -0.1) is 0 Å². The second-order valence-electron chi connectivity index (χ2n) is 5.38. The molecule has 5 heteroatoms. The maximum atomic E-state index is 14.0. The van der Waals surface area contributed by atoms with Crippen LogP contribution in [0.3, 0.4) is 0 Å². The molecule has 4 nitrogen and oxygen atoms in total. The lowest BCUT2D eigenvalue weighted by atomic mass is 10.00. The first-order valence-corrected chi connectivity index (χ1v) is 6.53. The van der Waals surface area contributed by atoms with E-state index >= 15 is 0 Å². The Morgan fingerprint density at radius 3 is 2.35 bits per heavy atom. The van der Waals surface area contributed by atoms with Crippen LogP contribution in [-0.2, 0) is 4.79 Å². The summed E-state index contributed by atoms with van der Waals surface area (Å²) in [4.78, 5) is 22.8. The van der Waals surface area contributed by atoms with E-state index in [0.717, 1.165) is 0 Å². The molecule has 110 valence electrons. The zero-order valence-electron chi connectivity index (χ0n) is 12.1. The highest BCUT2D eigenvalue weighted by Gasteiger charge is 2.23. The van der Waals surface area contributed by atoms with Gasteiger partial charge in [0.15, 0.2) is 17.9 Å². The van der Waals surface area contributed by atoms with Crippen molar-refractivity contribution in [3.8, 4) is 5.75 Å². The van der Waals surface area contributed by atoms with Gasteiger partial charge in [0.25, 0.3) is 0 Å². The molecule has 0 radical (unpaired) electrons. The number of carbonyl (C=O) groups excluding carboxylic acids is 2. The van der Waals surface area contributed by atoms with Gasteiger partial charge in [0.2, 0.25) is 0 Å². The lowest BCUT2D eigenvalue weighted by molar-refractivity contribution is -0.137. The first-order valence-electron chi connectivity index (χ1n) is 6.53.